The SMILES string of the molecule is COC(=O)N1C(=O)C2CC=C3C(c4cccc(O)c4)C4=C(CC3C2C1=O)C(=O)C(Br)=CC4=O. The standard InChI is InChI=1S/C24H18BrNO7/c1-33-24(32)26-22(30)13-6-5-12-14(19(13)23(26)31)8-15-20(17(28)9-16(25)21(15)29)18(12)10-3-2-4-11(27)7-10/h2-5,7,9,13-14,18-19,27H,6,8H2,1H3. The quantitative estimate of drug-likeness (QED) is 0.349. The normalized spacial score (nSPS) is 28.7. The van der Waals surface area contributed by atoms with Gasteiger partial charge in [0, 0.05) is 23.1 Å². The first-order chi connectivity index (χ1) is 15.7. The van der Waals surface area contributed by atoms with E-state index in [0.29, 0.717) is 16.0 Å². The summed E-state index contributed by atoms with van der Waals surface area (Å²) in [5, 5.41) is 10.1. The Hall–Kier alpha value is -3.33. The zero-order valence-corrected chi connectivity index (χ0v) is 19.0. The van der Waals surface area contributed by atoms with Crippen molar-refractivity contribution in [3.63, 3.8) is 0 Å². The van der Waals surface area contributed by atoms with Gasteiger partial charge in [-0.15, -0.1) is 0 Å². The molecule has 3 aliphatic carbocycles. The van der Waals surface area contributed by atoms with E-state index in [4.69, 9.17) is 0 Å². The summed E-state index contributed by atoms with van der Waals surface area (Å²) in [5.41, 5.74) is 1.94. The third-order valence-corrected chi connectivity index (χ3v) is 7.48. The van der Waals surface area contributed by atoms with Crippen molar-refractivity contribution in [2.45, 2.75) is 18.8 Å². The minimum Gasteiger partial charge on any atom is -0.508 e. The van der Waals surface area contributed by atoms with E-state index in [-0.39, 0.29) is 40.2 Å². The molecule has 1 aromatic rings. The number of hydrogen-bond donors (Lipinski definition) is 1. The highest BCUT2D eigenvalue weighted by Crippen LogP contribution is 2.55. The lowest BCUT2D eigenvalue weighted by Crippen LogP contribution is -2.40. The molecule has 1 N–H and O–H groups in total. The fourth-order valence-electron chi connectivity index (χ4n) is 5.56. The van der Waals surface area contributed by atoms with Gasteiger partial charge < -0.3 is 9.84 Å². The molecule has 1 aliphatic heterocycles. The number of ketones is 2. The van der Waals surface area contributed by atoms with Crippen LogP contribution in [0.4, 0.5) is 4.79 Å². The Morgan fingerprint density at radius 1 is 1.15 bits per heavy atom. The molecule has 1 heterocycles. The van der Waals surface area contributed by atoms with Crippen LogP contribution in [0.15, 0.2) is 57.6 Å². The lowest BCUT2D eigenvalue weighted by molar-refractivity contribution is -0.137. The van der Waals surface area contributed by atoms with Crippen molar-refractivity contribution in [1.82, 2.24) is 4.90 Å². The summed E-state index contributed by atoms with van der Waals surface area (Å²) in [4.78, 5) is 64.9. The van der Waals surface area contributed by atoms with Gasteiger partial charge in [0.1, 0.15) is 5.75 Å². The smallest absolute Gasteiger partial charge is 0.423 e. The van der Waals surface area contributed by atoms with E-state index in [1.54, 1.807) is 12.1 Å². The molecule has 4 atom stereocenters. The van der Waals surface area contributed by atoms with Gasteiger partial charge in [-0.2, -0.15) is 4.90 Å². The maximum absolute atomic E-state index is 13.2. The second kappa shape index (κ2) is 7.62. The van der Waals surface area contributed by atoms with Crippen LogP contribution in [-0.2, 0) is 23.9 Å². The summed E-state index contributed by atoms with van der Waals surface area (Å²) in [7, 11) is 1.10. The van der Waals surface area contributed by atoms with Gasteiger partial charge in [0.25, 0.3) is 0 Å². The second-order valence-electron chi connectivity index (χ2n) is 8.47. The minimum atomic E-state index is -1.03. The van der Waals surface area contributed by atoms with Crippen molar-refractivity contribution >= 4 is 45.4 Å². The topological polar surface area (TPSA) is 118 Å². The number of phenolic OH excluding ortho intramolecular Hbond substituents is 1. The Balaban J connectivity index is 1.68. The molecule has 0 aromatic heterocycles. The highest BCUT2D eigenvalue weighted by Gasteiger charge is 2.58. The number of aromatic hydroxyl groups is 1. The Morgan fingerprint density at radius 2 is 1.91 bits per heavy atom. The lowest BCUT2D eigenvalue weighted by atomic mass is 9.59. The molecule has 4 aliphatic rings. The first-order valence-corrected chi connectivity index (χ1v) is 11.2. The number of allylic oxidation sites excluding steroid dienone is 6. The number of benzene rings is 1. The number of likely N-dealkylation sites (tertiary alicyclic amines) is 1. The van der Waals surface area contributed by atoms with E-state index >= 15 is 0 Å². The molecule has 5 rings (SSSR count). The van der Waals surface area contributed by atoms with E-state index in [1.807, 2.05) is 6.08 Å². The maximum atomic E-state index is 13.2. The number of amides is 3. The molecule has 0 saturated carbocycles. The molecule has 1 fully saturated rings. The Morgan fingerprint density at radius 3 is 2.61 bits per heavy atom. The number of fused-ring (bicyclic) bond motifs is 3. The Bertz CT molecular complexity index is 1260. The average Bonchev–Trinajstić information content (AvgIpc) is 3.05. The van der Waals surface area contributed by atoms with Gasteiger partial charge in [-0.3, -0.25) is 19.2 Å². The van der Waals surface area contributed by atoms with Crippen LogP contribution < -0.4 is 0 Å². The molecular formula is C24H18BrNO7. The summed E-state index contributed by atoms with van der Waals surface area (Å²) >= 11 is 3.16. The molecule has 0 bridgehead atoms. The number of rotatable bonds is 1. The molecule has 168 valence electrons. The van der Waals surface area contributed by atoms with Crippen LogP contribution in [0.5, 0.6) is 5.75 Å². The number of methoxy groups -OCH3 is 1. The summed E-state index contributed by atoms with van der Waals surface area (Å²) in [6, 6.07) is 6.42. The molecule has 1 saturated heterocycles. The number of nitrogens with zero attached hydrogens (tertiary/aromatic N) is 1. The Kier molecular flexibility index (Phi) is 4.97. The number of halogens is 1. The zero-order chi connectivity index (χ0) is 23.6. The van der Waals surface area contributed by atoms with Crippen LogP contribution in [-0.4, -0.2) is 46.6 Å². The molecule has 0 spiro atoms. The summed E-state index contributed by atoms with van der Waals surface area (Å²) < 4.78 is 4.76. The molecule has 0 radical (unpaired) electrons. The first kappa shape index (κ1) is 21.5. The van der Waals surface area contributed by atoms with Crippen LogP contribution in [0.1, 0.15) is 24.3 Å². The van der Waals surface area contributed by atoms with Crippen molar-refractivity contribution in [1.29, 1.82) is 0 Å². The third kappa shape index (κ3) is 3.06. The minimum absolute atomic E-state index is 0.00125. The first-order valence-electron chi connectivity index (χ1n) is 10.4. The van der Waals surface area contributed by atoms with Crippen molar-refractivity contribution in [2.75, 3.05) is 7.11 Å². The van der Waals surface area contributed by atoms with Crippen molar-refractivity contribution in [3.8, 4) is 5.75 Å². The monoisotopic (exact) mass is 511 g/mol. The van der Waals surface area contributed by atoms with Gasteiger partial charge in [0.2, 0.25) is 11.8 Å². The van der Waals surface area contributed by atoms with Crippen molar-refractivity contribution < 1.29 is 33.8 Å². The zero-order valence-electron chi connectivity index (χ0n) is 17.4. The van der Waals surface area contributed by atoms with Crippen LogP contribution >= 0.6 is 15.9 Å². The van der Waals surface area contributed by atoms with E-state index < -0.39 is 41.6 Å². The van der Waals surface area contributed by atoms with E-state index in [0.717, 1.165) is 12.7 Å². The molecule has 9 heteroatoms. The summed E-state index contributed by atoms with van der Waals surface area (Å²) in [6.07, 6.45) is 2.36. The molecule has 33 heavy (non-hydrogen) atoms. The molecule has 1 aromatic carbocycles. The van der Waals surface area contributed by atoms with Gasteiger partial charge in [0.15, 0.2) is 11.6 Å². The lowest BCUT2D eigenvalue weighted by Gasteiger charge is -2.42. The second-order valence-corrected chi connectivity index (χ2v) is 9.32. The van der Waals surface area contributed by atoms with Crippen LogP contribution in [0, 0.1) is 17.8 Å². The van der Waals surface area contributed by atoms with Crippen molar-refractivity contribution in [2.24, 2.45) is 17.8 Å². The number of Topliss-reactive ketones (excluding diaryl/α,β-unsaturated/α-hetero) is 1. The molecule has 4 unspecified atom stereocenters. The van der Waals surface area contributed by atoms with E-state index in [9.17, 15) is 29.1 Å². The number of carbonyl (C=O) groups excluding carboxylic acids is 5. The van der Waals surface area contributed by atoms with Gasteiger partial charge in [-0.05, 0) is 52.4 Å². The average molecular weight is 512 g/mol. The summed E-state index contributed by atoms with van der Waals surface area (Å²) in [5.74, 6) is -4.76. The van der Waals surface area contributed by atoms with E-state index in [1.165, 1.54) is 18.2 Å². The highest BCUT2D eigenvalue weighted by molar-refractivity contribution is 9.12. The van der Waals surface area contributed by atoms with Crippen LogP contribution in [0.3, 0.4) is 0 Å². The maximum Gasteiger partial charge on any atom is 0.423 e. The summed E-state index contributed by atoms with van der Waals surface area (Å²) in [6.45, 7) is 0. The predicted molar refractivity (Wildman–Crippen MR) is 117 cm³/mol. The van der Waals surface area contributed by atoms with Gasteiger partial charge in [-0.1, -0.05) is 23.8 Å². The van der Waals surface area contributed by atoms with Gasteiger partial charge >= 0.3 is 6.09 Å². The van der Waals surface area contributed by atoms with Gasteiger partial charge in [-0.25, -0.2) is 4.79 Å². The fraction of sp³-hybridized carbons (Fsp3) is 0.292. The van der Waals surface area contributed by atoms with Crippen molar-refractivity contribution in [3.05, 3.63) is 63.2 Å². The Labute approximate surface area is 196 Å². The third-order valence-electron chi connectivity index (χ3n) is 6.89. The number of ether oxygens (including phenoxy) is 1. The largest absolute Gasteiger partial charge is 0.508 e. The molecular weight excluding hydrogens is 494 g/mol. The number of hydrogen-bond acceptors (Lipinski definition) is 7. The molecule has 8 nitrogen and oxygen atoms in total. The predicted octanol–water partition coefficient (Wildman–Crippen LogP) is 2.92. The number of phenols is 1. The van der Waals surface area contributed by atoms with Gasteiger partial charge in [0.05, 0.1) is 23.4 Å². The highest BCUT2D eigenvalue weighted by atomic mass is 79.9. The van der Waals surface area contributed by atoms with Crippen LogP contribution in [0.25, 0.3) is 0 Å². The van der Waals surface area contributed by atoms with Crippen LogP contribution in [0.2, 0.25) is 0 Å². The number of carbonyl (C=O) groups is 5. The molecule has 3 amide bonds. The van der Waals surface area contributed by atoms with E-state index in [2.05, 4.69) is 20.7 Å². The number of imide groups is 3. The fourth-order valence-corrected chi connectivity index (χ4v) is 6.01.